The highest BCUT2D eigenvalue weighted by Crippen LogP contribution is 2.38. The molecule has 2 rings (SSSR count). The zero-order chi connectivity index (χ0) is 13.8. The molecule has 1 nitrogen and oxygen atoms in total. The van der Waals surface area contributed by atoms with Crippen LogP contribution in [0, 0.1) is 0 Å². The number of halogens is 2. The minimum atomic E-state index is 0.121. The molecule has 0 heterocycles. The van der Waals surface area contributed by atoms with Crippen molar-refractivity contribution < 1.29 is 4.74 Å². The molecule has 0 spiro atoms. The predicted octanol–water partition coefficient (Wildman–Crippen LogP) is 5.66. The summed E-state index contributed by atoms with van der Waals surface area (Å²) in [6.45, 7) is 0. The van der Waals surface area contributed by atoms with Crippen molar-refractivity contribution in [2.24, 2.45) is 0 Å². The molecule has 0 aliphatic rings. The first kappa shape index (κ1) is 14.9. The Kier molecular flexibility index (Phi) is 5.37. The SMILES string of the molecule is COc1ccc(Br)cc1C(Br)c1ccc(SC)cc1. The number of ether oxygens (including phenoxy) is 1. The van der Waals surface area contributed by atoms with Crippen LogP contribution in [0.1, 0.15) is 16.0 Å². The average Bonchev–Trinajstić information content (AvgIpc) is 2.46. The summed E-state index contributed by atoms with van der Waals surface area (Å²) in [4.78, 5) is 1.39. The molecule has 0 amide bonds. The van der Waals surface area contributed by atoms with Crippen LogP contribution in [0.15, 0.2) is 51.8 Å². The molecule has 2 aromatic rings. The van der Waals surface area contributed by atoms with E-state index in [-0.39, 0.29) is 4.83 Å². The number of benzene rings is 2. The second-order valence-corrected chi connectivity index (χ2v) is 6.73. The molecule has 2 aromatic carbocycles. The van der Waals surface area contributed by atoms with Gasteiger partial charge in [-0.25, -0.2) is 0 Å². The van der Waals surface area contributed by atoms with Gasteiger partial charge in [0.1, 0.15) is 5.75 Å². The molecule has 19 heavy (non-hydrogen) atoms. The van der Waals surface area contributed by atoms with E-state index in [1.165, 1.54) is 10.5 Å². The van der Waals surface area contributed by atoms with E-state index in [9.17, 15) is 0 Å². The van der Waals surface area contributed by atoms with Crippen LogP contribution in [0.25, 0.3) is 0 Å². The highest BCUT2D eigenvalue weighted by molar-refractivity contribution is 9.10. The monoisotopic (exact) mass is 400 g/mol. The topological polar surface area (TPSA) is 9.23 Å². The van der Waals surface area contributed by atoms with E-state index in [1.54, 1.807) is 18.9 Å². The fourth-order valence-corrected chi connectivity index (χ4v) is 3.31. The Balaban J connectivity index is 2.36. The van der Waals surface area contributed by atoms with Gasteiger partial charge in [0.05, 0.1) is 11.9 Å². The Hall–Kier alpha value is -0.450. The van der Waals surface area contributed by atoms with Gasteiger partial charge in [-0.1, -0.05) is 44.0 Å². The zero-order valence-electron chi connectivity index (χ0n) is 10.7. The molecule has 0 aliphatic heterocycles. The molecule has 0 aliphatic carbocycles. The van der Waals surface area contributed by atoms with Crippen molar-refractivity contribution in [3.05, 3.63) is 58.1 Å². The molecule has 0 saturated heterocycles. The van der Waals surface area contributed by atoms with Crippen molar-refractivity contribution in [2.75, 3.05) is 13.4 Å². The molecule has 0 bridgehead atoms. The van der Waals surface area contributed by atoms with Crippen LogP contribution in [-0.4, -0.2) is 13.4 Å². The second kappa shape index (κ2) is 6.82. The van der Waals surface area contributed by atoms with Gasteiger partial charge in [0.2, 0.25) is 0 Å². The van der Waals surface area contributed by atoms with Crippen LogP contribution in [0.5, 0.6) is 5.75 Å². The number of hydrogen-bond donors (Lipinski definition) is 0. The molecular weight excluding hydrogens is 388 g/mol. The summed E-state index contributed by atoms with van der Waals surface area (Å²) < 4.78 is 6.48. The zero-order valence-corrected chi connectivity index (χ0v) is 14.7. The predicted molar refractivity (Wildman–Crippen MR) is 89.7 cm³/mol. The van der Waals surface area contributed by atoms with Gasteiger partial charge in [-0.15, -0.1) is 11.8 Å². The van der Waals surface area contributed by atoms with Crippen LogP contribution in [0.4, 0.5) is 0 Å². The van der Waals surface area contributed by atoms with E-state index in [1.807, 2.05) is 12.1 Å². The second-order valence-electron chi connectivity index (χ2n) is 4.02. The van der Waals surface area contributed by atoms with Gasteiger partial charge in [-0.3, -0.25) is 0 Å². The third kappa shape index (κ3) is 3.56. The first-order valence-corrected chi connectivity index (χ1v) is 8.70. The minimum Gasteiger partial charge on any atom is -0.496 e. The fraction of sp³-hybridized carbons (Fsp3) is 0.200. The summed E-state index contributed by atoms with van der Waals surface area (Å²) in [6.07, 6.45) is 2.08. The van der Waals surface area contributed by atoms with Gasteiger partial charge in [-0.2, -0.15) is 0 Å². The molecule has 0 N–H and O–H groups in total. The lowest BCUT2D eigenvalue weighted by Crippen LogP contribution is -1.97. The van der Waals surface area contributed by atoms with Gasteiger partial charge in [0.15, 0.2) is 0 Å². The summed E-state index contributed by atoms with van der Waals surface area (Å²) >= 11 is 9.02. The number of hydrogen-bond acceptors (Lipinski definition) is 2. The maximum atomic E-state index is 5.43. The van der Waals surface area contributed by atoms with Crippen LogP contribution in [-0.2, 0) is 0 Å². The minimum absolute atomic E-state index is 0.121. The Labute approximate surface area is 135 Å². The lowest BCUT2D eigenvalue weighted by atomic mass is 10.0. The quantitative estimate of drug-likeness (QED) is 0.482. The van der Waals surface area contributed by atoms with Crippen molar-refractivity contribution in [1.82, 2.24) is 0 Å². The Bertz CT molecular complexity index is 555. The van der Waals surface area contributed by atoms with E-state index in [0.717, 1.165) is 15.8 Å². The van der Waals surface area contributed by atoms with Gasteiger partial charge < -0.3 is 4.74 Å². The van der Waals surface area contributed by atoms with E-state index < -0.39 is 0 Å². The fourth-order valence-electron chi connectivity index (χ4n) is 1.86. The van der Waals surface area contributed by atoms with E-state index in [0.29, 0.717) is 0 Å². The summed E-state index contributed by atoms with van der Waals surface area (Å²) in [5, 5.41) is 0. The van der Waals surface area contributed by atoms with Crippen LogP contribution in [0.3, 0.4) is 0 Å². The molecule has 0 aromatic heterocycles. The first-order chi connectivity index (χ1) is 9.15. The Morgan fingerprint density at radius 1 is 1.11 bits per heavy atom. The Morgan fingerprint density at radius 2 is 1.79 bits per heavy atom. The standard InChI is InChI=1S/C15H14Br2OS/c1-18-14-8-5-11(16)9-13(14)15(17)10-3-6-12(19-2)7-4-10/h3-9,15H,1-2H3. The van der Waals surface area contributed by atoms with Crippen molar-refractivity contribution in [1.29, 1.82) is 0 Å². The Morgan fingerprint density at radius 3 is 2.37 bits per heavy atom. The molecule has 0 fully saturated rings. The van der Waals surface area contributed by atoms with Crippen LogP contribution >= 0.6 is 43.6 Å². The number of alkyl halides is 1. The molecule has 1 atom stereocenters. The van der Waals surface area contributed by atoms with Gasteiger partial charge in [0.25, 0.3) is 0 Å². The van der Waals surface area contributed by atoms with E-state index in [4.69, 9.17) is 4.74 Å². The lowest BCUT2D eigenvalue weighted by molar-refractivity contribution is 0.410. The molecule has 0 radical (unpaired) electrons. The summed E-state index contributed by atoms with van der Waals surface area (Å²) in [5.74, 6) is 0.888. The first-order valence-electron chi connectivity index (χ1n) is 5.77. The lowest BCUT2D eigenvalue weighted by Gasteiger charge is -2.15. The molecular formula is C15H14Br2OS. The molecule has 100 valence electrons. The molecule has 4 heteroatoms. The van der Waals surface area contributed by atoms with Crippen molar-refractivity contribution >= 4 is 43.6 Å². The maximum absolute atomic E-state index is 5.43. The number of rotatable bonds is 4. The summed E-state index contributed by atoms with van der Waals surface area (Å²) in [7, 11) is 1.70. The van der Waals surface area contributed by atoms with Crippen molar-refractivity contribution in [2.45, 2.75) is 9.72 Å². The third-order valence-corrected chi connectivity index (χ3v) is 5.13. The highest BCUT2D eigenvalue weighted by atomic mass is 79.9. The van der Waals surface area contributed by atoms with Crippen molar-refractivity contribution in [3.63, 3.8) is 0 Å². The maximum Gasteiger partial charge on any atom is 0.123 e. The largest absolute Gasteiger partial charge is 0.496 e. The van der Waals surface area contributed by atoms with E-state index >= 15 is 0 Å². The van der Waals surface area contributed by atoms with Crippen LogP contribution < -0.4 is 4.74 Å². The summed E-state index contributed by atoms with van der Waals surface area (Å²) in [5.41, 5.74) is 2.34. The van der Waals surface area contributed by atoms with Gasteiger partial charge in [0, 0.05) is 14.9 Å². The normalized spacial score (nSPS) is 12.2. The molecule has 0 saturated carbocycles. The highest BCUT2D eigenvalue weighted by Gasteiger charge is 2.15. The average molecular weight is 402 g/mol. The third-order valence-electron chi connectivity index (χ3n) is 2.87. The molecule has 1 unspecified atom stereocenters. The van der Waals surface area contributed by atoms with E-state index in [2.05, 4.69) is 68.4 Å². The van der Waals surface area contributed by atoms with Gasteiger partial charge in [-0.05, 0) is 42.2 Å². The van der Waals surface area contributed by atoms with Crippen molar-refractivity contribution in [3.8, 4) is 5.75 Å². The number of methoxy groups -OCH3 is 1. The van der Waals surface area contributed by atoms with Crippen LogP contribution in [0.2, 0.25) is 0 Å². The smallest absolute Gasteiger partial charge is 0.123 e. The summed E-state index contributed by atoms with van der Waals surface area (Å²) in [6, 6.07) is 14.6. The number of thioether (sulfide) groups is 1. The van der Waals surface area contributed by atoms with Gasteiger partial charge >= 0.3 is 0 Å².